The van der Waals surface area contributed by atoms with Crippen LogP contribution in [0.3, 0.4) is 0 Å². The van der Waals surface area contributed by atoms with Gasteiger partial charge in [0.25, 0.3) is 0 Å². The van der Waals surface area contributed by atoms with Crippen LogP contribution in [-0.4, -0.2) is 50.6 Å². The van der Waals surface area contributed by atoms with Gasteiger partial charge in [0.2, 0.25) is 0 Å². The Morgan fingerprint density at radius 3 is 2.45 bits per heavy atom. The summed E-state index contributed by atoms with van der Waals surface area (Å²) in [5, 5.41) is 4.39. The second-order valence-electron chi connectivity index (χ2n) is 9.06. The molecule has 1 saturated heterocycles. The average molecular weight is 458 g/mol. The van der Waals surface area contributed by atoms with E-state index < -0.39 is 24.4 Å². The number of nitrogen functional groups attached to an aromatic ring is 1. The van der Waals surface area contributed by atoms with Crippen LogP contribution in [-0.2, 0) is 11.3 Å². The van der Waals surface area contributed by atoms with Gasteiger partial charge in [0.15, 0.2) is 0 Å². The van der Waals surface area contributed by atoms with Gasteiger partial charge in [-0.15, -0.1) is 0 Å². The Hall–Kier alpha value is -2.49. The van der Waals surface area contributed by atoms with E-state index in [1.807, 2.05) is 0 Å². The molecule has 3 atom stereocenters. The molecule has 0 aromatic carbocycles. The lowest BCUT2D eigenvalue weighted by molar-refractivity contribution is -0.143. The standard InChI is InChI=1S/C20H23ClF3N5O2/c1-19(2,3)31-18(30)28-7-11-12(8-28)16(11)15-5-14(27-29(15)9-20(22,23)24)10-4-13(21)17(25)26-6-10/h4-6,11-12,16H,7-9H2,1-3H3,(H2,25,26)/t11-,12+,16?. The lowest BCUT2D eigenvalue weighted by Gasteiger charge is -2.26. The smallest absolute Gasteiger partial charge is 0.410 e. The van der Waals surface area contributed by atoms with Crippen molar-refractivity contribution in [2.45, 2.75) is 45.0 Å². The zero-order chi connectivity index (χ0) is 22.7. The zero-order valence-electron chi connectivity index (χ0n) is 17.3. The molecule has 1 aliphatic heterocycles. The van der Waals surface area contributed by atoms with Crippen molar-refractivity contribution in [1.82, 2.24) is 19.7 Å². The molecule has 0 radical (unpaired) electrons. The maximum Gasteiger partial charge on any atom is 0.410 e. The number of nitrogens with two attached hydrogens (primary N) is 1. The van der Waals surface area contributed by atoms with Gasteiger partial charge < -0.3 is 15.4 Å². The van der Waals surface area contributed by atoms with Gasteiger partial charge in [-0.2, -0.15) is 18.3 Å². The number of rotatable bonds is 3. The summed E-state index contributed by atoms with van der Waals surface area (Å²) in [5.74, 6) is 0.202. The van der Waals surface area contributed by atoms with Crippen LogP contribution >= 0.6 is 11.6 Å². The first-order valence-corrected chi connectivity index (χ1v) is 10.2. The fourth-order valence-corrected chi connectivity index (χ4v) is 4.33. The van der Waals surface area contributed by atoms with Crippen molar-refractivity contribution in [3.63, 3.8) is 0 Å². The highest BCUT2D eigenvalue weighted by atomic mass is 35.5. The maximum atomic E-state index is 13.2. The van der Waals surface area contributed by atoms with Gasteiger partial charge in [-0.3, -0.25) is 4.68 Å². The van der Waals surface area contributed by atoms with Crippen molar-refractivity contribution in [1.29, 1.82) is 0 Å². The number of carbonyl (C=O) groups is 1. The first-order valence-electron chi connectivity index (χ1n) is 9.86. The predicted molar refractivity (Wildman–Crippen MR) is 108 cm³/mol. The van der Waals surface area contributed by atoms with E-state index in [0.29, 0.717) is 30.0 Å². The highest BCUT2D eigenvalue weighted by Gasteiger charge is 2.59. The molecule has 1 saturated carbocycles. The Labute approximate surface area is 182 Å². The van der Waals surface area contributed by atoms with Crippen LogP contribution in [0.25, 0.3) is 11.3 Å². The Morgan fingerprint density at radius 1 is 1.26 bits per heavy atom. The summed E-state index contributed by atoms with van der Waals surface area (Å²) in [6.07, 6.45) is -3.38. The highest BCUT2D eigenvalue weighted by Crippen LogP contribution is 2.58. The summed E-state index contributed by atoms with van der Waals surface area (Å²) in [6, 6.07) is 3.18. The molecule has 3 heterocycles. The maximum absolute atomic E-state index is 13.2. The number of aromatic nitrogens is 3. The molecule has 31 heavy (non-hydrogen) atoms. The number of likely N-dealkylation sites (tertiary alicyclic amines) is 1. The lowest BCUT2D eigenvalue weighted by Crippen LogP contribution is -2.37. The number of hydrogen-bond donors (Lipinski definition) is 1. The molecule has 1 unspecified atom stereocenters. The number of ether oxygens (including phenoxy) is 1. The van der Waals surface area contributed by atoms with Crippen LogP contribution in [0.4, 0.5) is 23.8 Å². The minimum Gasteiger partial charge on any atom is -0.444 e. The summed E-state index contributed by atoms with van der Waals surface area (Å²) in [6.45, 7) is 5.09. The Morgan fingerprint density at radius 2 is 1.90 bits per heavy atom. The van der Waals surface area contributed by atoms with E-state index in [9.17, 15) is 18.0 Å². The number of alkyl halides is 3. The normalized spacial score (nSPS) is 23.1. The van der Waals surface area contributed by atoms with E-state index in [1.165, 1.54) is 12.3 Å². The van der Waals surface area contributed by atoms with Crippen molar-refractivity contribution in [3.8, 4) is 11.3 Å². The number of hydrogen-bond acceptors (Lipinski definition) is 5. The number of anilines is 1. The Kier molecular flexibility index (Phi) is 5.11. The molecule has 2 fully saturated rings. The summed E-state index contributed by atoms with van der Waals surface area (Å²) in [7, 11) is 0. The topological polar surface area (TPSA) is 86.3 Å². The number of amides is 1. The van der Waals surface area contributed by atoms with Crippen LogP contribution in [0, 0.1) is 11.8 Å². The van der Waals surface area contributed by atoms with E-state index in [2.05, 4.69) is 10.1 Å². The number of carbonyl (C=O) groups excluding carboxylic acids is 1. The SMILES string of the molecule is CC(C)(C)OC(=O)N1C[C@@H]2C(c3cc(-c4cnc(N)c(Cl)c4)nn3CC(F)(F)F)[C@@H]2C1. The minimum absolute atomic E-state index is 0.0807. The number of nitrogens with zero attached hydrogens (tertiary/aromatic N) is 4. The second kappa shape index (κ2) is 7.29. The lowest BCUT2D eigenvalue weighted by atomic mass is 10.1. The van der Waals surface area contributed by atoms with Crippen LogP contribution in [0.1, 0.15) is 32.4 Å². The van der Waals surface area contributed by atoms with Crippen molar-refractivity contribution in [2.24, 2.45) is 11.8 Å². The zero-order valence-corrected chi connectivity index (χ0v) is 18.0. The number of halogens is 4. The molecule has 1 aliphatic carbocycles. The van der Waals surface area contributed by atoms with Gasteiger partial charge in [-0.05, 0) is 44.7 Å². The quantitative estimate of drug-likeness (QED) is 0.741. The summed E-state index contributed by atoms with van der Waals surface area (Å²) < 4.78 is 45.9. The fraction of sp³-hybridized carbons (Fsp3) is 0.550. The average Bonchev–Trinajstić information content (AvgIpc) is 2.97. The molecule has 1 amide bonds. The summed E-state index contributed by atoms with van der Waals surface area (Å²) in [5.41, 5.74) is 6.36. The molecule has 2 aromatic rings. The molecule has 0 spiro atoms. The fourth-order valence-electron chi connectivity index (χ4n) is 4.17. The predicted octanol–water partition coefficient (Wildman–Crippen LogP) is 4.32. The van der Waals surface area contributed by atoms with Crippen molar-refractivity contribution in [2.75, 3.05) is 18.8 Å². The van der Waals surface area contributed by atoms with E-state index in [1.54, 1.807) is 31.7 Å². The monoisotopic (exact) mass is 457 g/mol. The van der Waals surface area contributed by atoms with Crippen molar-refractivity contribution < 1.29 is 22.7 Å². The largest absolute Gasteiger partial charge is 0.444 e. The third-order valence-corrected chi connectivity index (χ3v) is 5.80. The van der Waals surface area contributed by atoms with Gasteiger partial charge >= 0.3 is 12.3 Å². The second-order valence-corrected chi connectivity index (χ2v) is 9.46. The molecule has 2 N–H and O–H groups in total. The van der Waals surface area contributed by atoms with Crippen molar-refractivity contribution in [3.05, 3.63) is 29.0 Å². The van der Waals surface area contributed by atoms with Gasteiger partial charge in [-0.1, -0.05) is 11.6 Å². The summed E-state index contributed by atoms with van der Waals surface area (Å²) in [4.78, 5) is 17.9. The summed E-state index contributed by atoms with van der Waals surface area (Å²) >= 11 is 6.01. The Bertz CT molecular complexity index is 1010. The van der Waals surface area contributed by atoms with Gasteiger partial charge in [-0.25, -0.2) is 9.78 Å². The first-order chi connectivity index (χ1) is 14.3. The molecule has 11 heteroatoms. The van der Waals surface area contributed by atoms with Crippen molar-refractivity contribution >= 4 is 23.5 Å². The first kappa shape index (κ1) is 21.7. The molecular formula is C20H23ClF3N5O2. The van der Waals surface area contributed by atoms with Gasteiger partial charge in [0.05, 0.1) is 10.7 Å². The van der Waals surface area contributed by atoms with Gasteiger partial charge in [0.1, 0.15) is 18.0 Å². The number of pyridine rings is 1. The third-order valence-electron chi connectivity index (χ3n) is 5.49. The Balaban J connectivity index is 1.56. The molecule has 2 aliphatic rings. The molecule has 4 rings (SSSR count). The highest BCUT2D eigenvalue weighted by molar-refractivity contribution is 6.33. The van der Waals surface area contributed by atoms with Gasteiger partial charge in [0, 0.05) is 36.5 Å². The van der Waals surface area contributed by atoms with E-state index in [0.717, 1.165) is 4.68 Å². The van der Waals surface area contributed by atoms with E-state index >= 15 is 0 Å². The van der Waals surface area contributed by atoms with Crippen LogP contribution in [0.2, 0.25) is 5.02 Å². The molecule has 168 valence electrons. The van der Waals surface area contributed by atoms with E-state index in [-0.39, 0.29) is 28.6 Å². The van der Waals surface area contributed by atoms with Crippen LogP contribution in [0.15, 0.2) is 18.3 Å². The molecule has 7 nitrogen and oxygen atoms in total. The minimum atomic E-state index is -4.42. The van der Waals surface area contributed by atoms with Crippen LogP contribution in [0.5, 0.6) is 0 Å². The molecule has 2 aromatic heterocycles. The molecule has 0 bridgehead atoms. The molecular weight excluding hydrogens is 435 g/mol. The number of piperidine rings is 1. The van der Waals surface area contributed by atoms with E-state index in [4.69, 9.17) is 22.1 Å². The van der Waals surface area contributed by atoms with Crippen LogP contribution < -0.4 is 5.73 Å². The number of fused-ring (bicyclic) bond motifs is 1. The third kappa shape index (κ3) is 4.58.